The maximum Gasteiger partial charge on any atom is 0.416 e. The molecule has 13 heteroatoms. The summed E-state index contributed by atoms with van der Waals surface area (Å²) in [7, 11) is 1.57. The topological polar surface area (TPSA) is 72.7 Å². The molecule has 0 fully saturated rings. The first-order valence-corrected chi connectivity index (χ1v) is 7.90. The Morgan fingerprint density at radius 1 is 1.12 bits per heavy atom. The number of alkyl halides is 6. The standard InChI is InChI=1S/C13H11F6N5OS/c1-24-11(21-22-23-24)26-3-2-10(25)20-9-5-7(12(14,15)16)4-8(6-9)13(17,18)19/h4-6H,2-3H2,1H3,(H,20,25). The molecule has 1 aromatic carbocycles. The van der Waals surface area contributed by atoms with Crippen molar-refractivity contribution in [1.82, 2.24) is 20.2 Å². The predicted octanol–water partition coefficient (Wildman–Crippen LogP) is 3.37. The largest absolute Gasteiger partial charge is 0.416 e. The lowest BCUT2D eigenvalue weighted by Crippen LogP contribution is -2.16. The van der Waals surface area contributed by atoms with Crippen molar-refractivity contribution in [2.75, 3.05) is 11.1 Å². The Labute approximate surface area is 146 Å². The number of amides is 1. The molecule has 1 aromatic heterocycles. The van der Waals surface area contributed by atoms with Gasteiger partial charge in [0, 0.05) is 24.9 Å². The van der Waals surface area contributed by atoms with Crippen molar-refractivity contribution in [1.29, 1.82) is 0 Å². The summed E-state index contributed by atoms with van der Waals surface area (Å²) in [6.07, 6.45) is -10.1. The van der Waals surface area contributed by atoms with E-state index in [1.54, 1.807) is 7.05 Å². The highest BCUT2D eigenvalue weighted by Crippen LogP contribution is 2.37. The number of aryl methyl sites for hydroxylation is 1. The van der Waals surface area contributed by atoms with Crippen LogP contribution in [0.5, 0.6) is 0 Å². The SMILES string of the molecule is Cn1nnnc1SCCC(=O)Nc1cc(C(F)(F)F)cc(C(F)(F)F)c1. The number of tetrazole rings is 1. The Hall–Kier alpha value is -2.31. The van der Waals surface area contributed by atoms with Gasteiger partial charge in [0.25, 0.3) is 0 Å². The van der Waals surface area contributed by atoms with Crippen LogP contribution in [0.4, 0.5) is 32.0 Å². The van der Waals surface area contributed by atoms with Crippen molar-refractivity contribution >= 4 is 23.4 Å². The van der Waals surface area contributed by atoms with Gasteiger partial charge in [0.05, 0.1) is 11.1 Å². The van der Waals surface area contributed by atoms with E-state index < -0.39 is 35.1 Å². The molecule has 1 N–H and O–H groups in total. The molecule has 1 amide bonds. The van der Waals surface area contributed by atoms with E-state index in [1.807, 2.05) is 0 Å². The van der Waals surface area contributed by atoms with Crippen LogP contribution in [0.2, 0.25) is 0 Å². The van der Waals surface area contributed by atoms with Crippen LogP contribution in [0.15, 0.2) is 23.4 Å². The Kier molecular flexibility index (Phi) is 5.78. The second-order valence-corrected chi connectivity index (χ2v) is 6.09. The van der Waals surface area contributed by atoms with Gasteiger partial charge in [-0.15, -0.1) is 5.10 Å². The summed E-state index contributed by atoms with van der Waals surface area (Å²) in [4.78, 5) is 11.8. The summed E-state index contributed by atoms with van der Waals surface area (Å²) in [6.45, 7) is 0. The zero-order valence-electron chi connectivity index (χ0n) is 13.0. The van der Waals surface area contributed by atoms with Gasteiger partial charge in [-0.3, -0.25) is 4.79 Å². The van der Waals surface area contributed by atoms with Crippen molar-refractivity contribution in [2.45, 2.75) is 23.9 Å². The van der Waals surface area contributed by atoms with E-state index in [9.17, 15) is 31.1 Å². The third-order valence-electron chi connectivity index (χ3n) is 3.01. The van der Waals surface area contributed by atoms with E-state index in [0.29, 0.717) is 17.3 Å². The minimum Gasteiger partial charge on any atom is -0.326 e. The van der Waals surface area contributed by atoms with E-state index >= 15 is 0 Å². The number of nitrogens with one attached hydrogen (secondary N) is 1. The number of hydrogen-bond acceptors (Lipinski definition) is 5. The zero-order valence-corrected chi connectivity index (χ0v) is 13.8. The van der Waals surface area contributed by atoms with Gasteiger partial charge in [0.2, 0.25) is 11.1 Å². The first-order chi connectivity index (χ1) is 12.0. The number of thioether (sulfide) groups is 1. The molecule has 2 rings (SSSR count). The second-order valence-electron chi connectivity index (χ2n) is 5.03. The van der Waals surface area contributed by atoms with E-state index in [4.69, 9.17) is 0 Å². The van der Waals surface area contributed by atoms with Crippen LogP contribution in [0.25, 0.3) is 0 Å². The third-order valence-corrected chi connectivity index (χ3v) is 4.03. The predicted molar refractivity (Wildman–Crippen MR) is 79.2 cm³/mol. The normalized spacial score (nSPS) is 12.3. The van der Waals surface area contributed by atoms with Crippen molar-refractivity contribution in [2.24, 2.45) is 7.05 Å². The molecule has 0 unspecified atom stereocenters. The first-order valence-electron chi connectivity index (χ1n) is 6.91. The number of hydrogen-bond donors (Lipinski definition) is 1. The molecule has 26 heavy (non-hydrogen) atoms. The summed E-state index contributed by atoms with van der Waals surface area (Å²) in [6, 6.07) is 0.895. The minimum atomic E-state index is -4.98. The number of carbonyl (C=O) groups excluding carboxylic acids is 1. The summed E-state index contributed by atoms with van der Waals surface area (Å²) >= 11 is 1.11. The fourth-order valence-corrected chi connectivity index (χ4v) is 2.62. The van der Waals surface area contributed by atoms with E-state index in [0.717, 1.165) is 11.8 Å². The van der Waals surface area contributed by atoms with Gasteiger partial charge in [-0.1, -0.05) is 11.8 Å². The number of anilines is 1. The van der Waals surface area contributed by atoms with E-state index in [1.165, 1.54) is 4.68 Å². The molecule has 1 heterocycles. The molecule has 0 aliphatic rings. The molecule has 0 radical (unpaired) electrons. The van der Waals surface area contributed by atoms with E-state index in [2.05, 4.69) is 20.8 Å². The highest BCUT2D eigenvalue weighted by Gasteiger charge is 2.37. The Balaban J connectivity index is 2.07. The van der Waals surface area contributed by atoms with Crippen molar-refractivity contribution in [3.8, 4) is 0 Å². The van der Waals surface area contributed by atoms with Gasteiger partial charge >= 0.3 is 12.4 Å². The second kappa shape index (κ2) is 7.51. The highest BCUT2D eigenvalue weighted by atomic mass is 32.2. The Morgan fingerprint density at radius 2 is 1.69 bits per heavy atom. The molecule has 0 spiro atoms. The molecular weight excluding hydrogens is 388 g/mol. The third kappa shape index (κ3) is 5.34. The molecule has 0 saturated carbocycles. The molecule has 6 nitrogen and oxygen atoms in total. The fourth-order valence-electron chi connectivity index (χ4n) is 1.83. The number of nitrogens with zero attached hydrogens (tertiary/aromatic N) is 4. The molecule has 0 saturated heterocycles. The van der Waals surface area contributed by atoms with Crippen LogP contribution in [-0.2, 0) is 24.2 Å². The summed E-state index contributed by atoms with van der Waals surface area (Å²) in [5.41, 5.74) is -3.58. The molecular formula is C13H11F6N5OS. The van der Waals surface area contributed by atoms with Crippen LogP contribution >= 0.6 is 11.8 Å². The van der Waals surface area contributed by atoms with Crippen LogP contribution < -0.4 is 5.32 Å². The summed E-state index contributed by atoms with van der Waals surface area (Å²) in [5, 5.41) is 13.1. The van der Waals surface area contributed by atoms with E-state index in [-0.39, 0.29) is 18.2 Å². The number of carbonyl (C=O) groups is 1. The van der Waals surface area contributed by atoms with Gasteiger partial charge < -0.3 is 5.32 Å². The van der Waals surface area contributed by atoms with Gasteiger partial charge in [-0.05, 0) is 28.6 Å². The molecule has 0 aliphatic carbocycles. The van der Waals surface area contributed by atoms with Crippen molar-refractivity contribution < 1.29 is 31.1 Å². The number of halogens is 6. The Morgan fingerprint density at radius 3 is 2.15 bits per heavy atom. The highest BCUT2D eigenvalue weighted by molar-refractivity contribution is 7.99. The van der Waals surface area contributed by atoms with Crippen LogP contribution in [0, 0.1) is 0 Å². The number of aromatic nitrogens is 4. The fraction of sp³-hybridized carbons (Fsp3) is 0.385. The minimum absolute atomic E-state index is 0.00736. The number of rotatable bonds is 5. The monoisotopic (exact) mass is 399 g/mol. The maximum atomic E-state index is 12.8. The Bertz CT molecular complexity index is 756. The van der Waals surface area contributed by atoms with Crippen molar-refractivity contribution in [3.05, 3.63) is 29.3 Å². The lowest BCUT2D eigenvalue weighted by molar-refractivity contribution is -0.143. The maximum absolute atomic E-state index is 12.8. The number of benzene rings is 1. The lowest BCUT2D eigenvalue weighted by atomic mass is 10.1. The summed E-state index contributed by atoms with van der Waals surface area (Å²) < 4.78 is 78.0. The smallest absolute Gasteiger partial charge is 0.326 e. The van der Waals surface area contributed by atoms with Crippen molar-refractivity contribution in [3.63, 3.8) is 0 Å². The molecule has 0 aliphatic heterocycles. The molecule has 2 aromatic rings. The average molecular weight is 399 g/mol. The van der Waals surface area contributed by atoms with Gasteiger partial charge in [0.15, 0.2) is 0 Å². The van der Waals surface area contributed by atoms with Gasteiger partial charge in [-0.25, -0.2) is 4.68 Å². The lowest BCUT2D eigenvalue weighted by Gasteiger charge is -2.14. The average Bonchev–Trinajstić information content (AvgIpc) is 2.90. The van der Waals surface area contributed by atoms with Crippen LogP contribution in [0.3, 0.4) is 0 Å². The molecule has 142 valence electrons. The van der Waals surface area contributed by atoms with Gasteiger partial charge in [0.1, 0.15) is 0 Å². The van der Waals surface area contributed by atoms with Crippen LogP contribution in [0.1, 0.15) is 17.5 Å². The molecule has 0 atom stereocenters. The van der Waals surface area contributed by atoms with Crippen LogP contribution in [-0.4, -0.2) is 31.9 Å². The molecule has 0 bridgehead atoms. The van der Waals surface area contributed by atoms with Gasteiger partial charge in [-0.2, -0.15) is 26.3 Å². The zero-order chi connectivity index (χ0) is 19.5. The summed E-state index contributed by atoms with van der Waals surface area (Å²) in [5.74, 6) is -0.550. The first kappa shape index (κ1) is 20.0. The quantitative estimate of drug-likeness (QED) is 0.617.